The number of nitrogens with one attached hydrogen (secondary N) is 1. The molecule has 2 amide bonds. The normalized spacial score (nSPS) is 10.8. The number of aryl methyl sites for hydroxylation is 1. The van der Waals surface area contributed by atoms with Crippen LogP contribution in [0, 0.1) is 12.7 Å². The van der Waals surface area contributed by atoms with E-state index in [9.17, 15) is 14.0 Å². The third-order valence-electron chi connectivity index (χ3n) is 4.82. The maximum Gasteiger partial charge on any atom is 0.404 e. The molecule has 7 nitrogen and oxygen atoms in total. The Kier molecular flexibility index (Phi) is 7.75. The van der Waals surface area contributed by atoms with Crippen molar-refractivity contribution in [3.05, 3.63) is 89.2 Å². The van der Waals surface area contributed by atoms with Crippen LogP contribution in [0.3, 0.4) is 0 Å². The summed E-state index contributed by atoms with van der Waals surface area (Å²) in [6, 6.07) is 19.0. The molecule has 3 rings (SSSR count). The number of anilines is 2. The molecule has 0 atom stereocenters. The molecule has 0 fully saturated rings. The van der Waals surface area contributed by atoms with Crippen LogP contribution in [0.4, 0.5) is 26.2 Å². The Morgan fingerprint density at radius 1 is 1.09 bits per heavy atom. The molecule has 8 heteroatoms. The van der Waals surface area contributed by atoms with E-state index in [0.717, 1.165) is 16.8 Å². The molecule has 0 heterocycles. The van der Waals surface area contributed by atoms with Crippen LogP contribution in [-0.2, 0) is 4.74 Å². The minimum atomic E-state index is -0.889. The van der Waals surface area contributed by atoms with Gasteiger partial charge in [-0.1, -0.05) is 29.8 Å². The number of benzene rings is 3. The number of halogens is 1. The third kappa shape index (κ3) is 6.90. The first kappa shape index (κ1) is 23.5. The number of carbonyl (C=O) groups is 2. The second kappa shape index (κ2) is 10.9. The first-order valence-corrected chi connectivity index (χ1v) is 10.3. The standard InChI is InChI=1S/C25H25FN4O3/c1-17-3-10-21(11-4-17)29-22-12-7-19(24(31)30(2)13-14-33-25(27)32)15-23(22)28-16-18-5-8-20(26)9-6-18/h3-12,15-16,29H,13-14H2,1-2H3,(H2,27,32)/b28-16+. The van der Waals surface area contributed by atoms with Gasteiger partial charge in [-0.15, -0.1) is 0 Å². The lowest BCUT2D eigenvalue weighted by atomic mass is 10.1. The van der Waals surface area contributed by atoms with Crippen LogP contribution in [0.1, 0.15) is 21.5 Å². The Labute approximate surface area is 191 Å². The number of primary amides is 1. The Morgan fingerprint density at radius 2 is 1.79 bits per heavy atom. The summed E-state index contributed by atoms with van der Waals surface area (Å²) in [4.78, 5) is 29.5. The van der Waals surface area contributed by atoms with Crippen molar-refractivity contribution >= 4 is 35.3 Å². The molecule has 0 aliphatic carbocycles. The number of aliphatic imine (C=N–C) groups is 1. The second-order valence-electron chi connectivity index (χ2n) is 7.43. The van der Waals surface area contributed by atoms with Gasteiger partial charge in [-0.3, -0.25) is 9.79 Å². The van der Waals surface area contributed by atoms with E-state index in [2.05, 4.69) is 10.3 Å². The lowest BCUT2D eigenvalue weighted by molar-refractivity contribution is 0.0750. The van der Waals surface area contributed by atoms with Gasteiger partial charge in [-0.25, -0.2) is 9.18 Å². The van der Waals surface area contributed by atoms with Crippen molar-refractivity contribution in [1.29, 1.82) is 0 Å². The SMILES string of the molecule is Cc1ccc(Nc2ccc(C(=O)N(C)CCOC(N)=O)cc2/N=C/c2ccc(F)cc2)cc1. The van der Waals surface area contributed by atoms with Crippen molar-refractivity contribution in [1.82, 2.24) is 4.90 Å². The summed E-state index contributed by atoms with van der Waals surface area (Å²) in [7, 11) is 1.60. The zero-order valence-electron chi connectivity index (χ0n) is 18.4. The lowest BCUT2D eigenvalue weighted by Gasteiger charge is -2.18. The molecule has 3 aromatic carbocycles. The topological polar surface area (TPSA) is 97.0 Å². The quantitative estimate of drug-likeness (QED) is 0.484. The number of nitrogens with two attached hydrogens (primary N) is 1. The molecule has 3 aromatic rings. The molecule has 0 bridgehead atoms. The van der Waals surface area contributed by atoms with Crippen LogP contribution >= 0.6 is 0 Å². The Balaban J connectivity index is 1.87. The van der Waals surface area contributed by atoms with Gasteiger partial charge in [0, 0.05) is 24.5 Å². The van der Waals surface area contributed by atoms with Crippen LogP contribution in [0.15, 0.2) is 71.7 Å². The summed E-state index contributed by atoms with van der Waals surface area (Å²) in [5.74, 6) is -0.590. The summed E-state index contributed by atoms with van der Waals surface area (Å²) >= 11 is 0. The smallest absolute Gasteiger partial charge is 0.404 e. The molecule has 0 radical (unpaired) electrons. The maximum atomic E-state index is 13.2. The number of carbonyl (C=O) groups excluding carboxylic acids is 2. The van der Waals surface area contributed by atoms with Gasteiger partial charge >= 0.3 is 6.09 Å². The number of hydrogen-bond acceptors (Lipinski definition) is 5. The summed E-state index contributed by atoms with van der Waals surface area (Å²) < 4.78 is 17.9. The van der Waals surface area contributed by atoms with E-state index in [4.69, 9.17) is 10.5 Å². The molecule has 33 heavy (non-hydrogen) atoms. The van der Waals surface area contributed by atoms with Gasteiger partial charge in [-0.05, 0) is 55.0 Å². The predicted molar refractivity (Wildman–Crippen MR) is 127 cm³/mol. The molecule has 3 N–H and O–H groups in total. The highest BCUT2D eigenvalue weighted by Gasteiger charge is 2.14. The van der Waals surface area contributed by atoms with E-state index in [-0.39, 0.29) is 24.9 Å². The average molecular weight is 448 g/mol. The molecule has 0 saturated heterocycles. The number of hydrogen-bond donors (Lipinski definition) is 2. The predicted octanol–water partition coefficient (Wildman–Crippen LogP) is 4.80. The van der Waals surface area contributed by atoms with E-state index in [1.807, 2.05) is 31.2 Å². The van der Waals surface area contributed by atoms with Crippen molar-refractivity contribution in [2.24, 2.45) is 10.7 Å². The summed E-state index contributed by atoms with van der Waals surface area (Å²) in [6.07, 6.45) is 0.716. The van der Waals surface area contributed by atoms with Gasteiger partial charge in [0.25, 0.3) is 5.91 Å². The van der Waals surface area contributed by atoms with Gasteiger partial charge in [0.2, 0.25) is 0 Å². The molecule has 0 aromatic heterocycles. The van der Waals surface area contributed by atoms with Gasteiger partial charge in [0.1, 0.15) is 12.4 Å². The molecule has 0 spiro atoms. The minimum Gasteiger partial charge on any atom is -0.448 e. The number of amides is 2. The summed E-state index contributed by atoms with van der Waals surface area (Å²) in [5.41, 5.74) is 9.34. The van der Waals surface area contributed by atoms with E-state index in [1.54, 1.807) is 43.6 Å². The summed E-state index contributed by atoms with van der Waals surface area (Å²) in [5, 5.41) is 3.32. The zero-order chi connectivity index (χ0) is 23.8. The van der Waals surface area contributed by atoms with Crippen molar-refractivity contribution in [3.63, 3.8) is 0 Å². The van der Waals surface area contributed by atoms with Crippen LogP contribution < -0.4 is 11.1 Å². The highest BCUT2D eigenvalue weighted by atomic mass is 19.1. The molecule has 0 aliphatic heterocycles. The Bertz CT molecular complexity index is 1150. The van der Waals surface area contributed by atoms with Crippen LogP contribution in [0.5, 0.6) is 0 Å². The minimum absolute atomic E-state index is 0.000211. The lowest BCUT2D eigenvalue weighted by Crippen LogP contribution is -2.31. The number of ether oxygens (including phenoxy) is 1. The van der Waals surface area contributed by atoms with E-state index < -0.39 is 6.09 Å². The fourth-order valence-electron chi connectivity index (χ4n) is 2.97. The molecule has 0 aliphatic rings. The van der Waals surface area contributed by atoms with Gasteiger partial charge in [-0.2, -0.15) is 0 Å². The maximum absolute atomic E-state index is 13.2. The molecular weight excluding hydrogens is 423 g/mol. The van der Waals surface area contributed by atoms with E-state index in [1.165, 1.54) is 17.0 Å². The molecular formula is C25H25FN4O3. The fourth-order valence-corrected chi connectivity index (χ4v) is 2.97. The molecule has 0 unspecified atom stereocenters. The van der Waals surface area contributed by atoms with Crippen LogP contribution in [0.25, 0.3) is 0 Å². The second-order valence-corrected chi connectivity index (χ2v) is 7.43. The number of likely N-dealkylation sites (N-methyl/N-ethyl adjacent to an activating group) is 1. The first-order chi connectivity index (χ1) is 15.8. The molecule has 0 saturated carbocycles. The van der Waals surface area contributed by atoms with Crippen molar-refractivity contribution in [3.8, 4) is 0 Å². The van der Waals surface area contributed by atoms with Crippen molar-refractivity contribution < 1.29 is 18.7 Å². The Morgan fingerprint density at radius 3 is 2.45 bits per heavy atom. The number of rotatable bonds is 8. The third-order valence-corrected chi connectivity index (χ3v) is 4.82. The first-order valence-electron chi connectivity index (χ1n) is 10.3. The monoisotopic (exact) mass is 448 g/mol. The van der Waals surface area contributed by atoms with E-state index in [0.29, 0.717) is 16.9 Å². The van der Waals surface area contributed by atoms with Crippen LogP contribution in [0.2, 0.25) is 0 Å². The van der Waals surface area contributed by atoms with Crippen molar-refractivity contribution in [2.75, 3.05) is 25.5 Å². The fraction of sp³-hybridized carbons (Fsp3) is 0.160. The highest BCUT2D eigenvalue weighted by Crippen LogP contribution is 2.30. The zero-order valence-corrected chi connectivity index (χ0v) is 18.4. The van der Waals surface area contributed by atoms with Gasteiger partial charge in [0.15, 0.2) is 0 Å². The van der Waals surface area contributed by atoms with Gasteiger partial charge < -0.3 is 20.7 Å². The van der Waals surface area contributed by atoms with E-state index >= 15 is 0 Å². The largest absolute Gasteiger partial charge is 0.448 e. The average Bonchev–Trinajstić information content (AvgIpc) is 2.80. The highest BCUT2D eigenvalue weighted by molar-refractivity contribution is 5.97. The summed E-state index contributed by atoms with van der Waals surface area (Å²) in [6.45, 7) is 2.20. The number of nitrogens with zero attached hydrogens (tertiary/aromatic N) is 2. The van der Waals surface area contributed by atoms with Crippen molar-refractivity contribution in [2.45, 2.75) is 6.92 Å². The Hall–Kier alpha value is -4.20. The van der Waals surface area contributed by atoms with Gasteiger partial charge in [0.05, 0.1) is 17.9 Å². The molecule has 170 valence electrons. The van der Waals surface area contributed by atoms with Crippen LogP contribution in [-0.4, -0.2) is 43.3 Å².